The van der Waals surface area contributed by atoms with Gasteiger partial charge in [0.15, 0.2) is 0 Å². The van der Waals surface area contributed by atoms with Crippen LogP contribution in [0.5, 0.6) is 0 Å². The Morgan fingerprint density at radius 2 is 2.12 bits per heavy atom. The molecule has 1 amide bonds. The number of methoxy groups -OCH3 is 1. The number of hydrogen-bond acceptors (Lipinski definition) is 4. The number of amides is 1. The second-order valence-electron chi connectivity index (χ2n) is 6.38. The number of nitrogens with one attached hydrogen (secondary N) is 1. The Hall–Kier alpha value is -2.18. The van der Waals surface area contributed by atoms with E-state index in [4.69, 9.17) is 4.74 Å². The molecule has 1 aromatic carbocycles. The van der Waals surface area contributed by atoms with E-state index in [1.165, 1.54) is 5.56 Å². The molecule has 24 heavy (non-hydrogen) atoms. The lowest BCUT2D eigenvalue weighted by atomic mass is 9.96. The predicted molar refractivity (Wildman–Crippen MR) is 91.9 cm³/mol. The highest BCUT2D eigenvalue weighted by atomic mass is 16.5. The molecule has 1 aromatic heterocycles. The Morgan fingerprint density at radius 3 is 2.79 bits per heavy atom. The highest BCUT2D eigenvalue weighted by Crippen LogP contribution is 2.26. The van der Waals surface area contributed by atoms with Crippen LogP contribution in [0.2, 0.25) is 0 Å². The van der Waals surface area contributed by atoms with E-state index in [1.807, 2.05) is 25.1 Å². The molecule has 6 heteroatoms. The molecule has 0 radical (unpaired) electrons. The molecule has 2 heterocycles. The van der Waals surface area contributed by atoms with Crippen LogP contribution in [-0.2, 0) is 16.1 Å². The highest BCUT2D eigenvalue weighted by Gasteiger charge is 2.37. The first-order valence-electron chi connectivity index (χ1n) is 8.22. The van der Waals surface area contributed by atoms with Crippen LogP contribution in [0.3, 0.4) is 0 Å². The summed E-state index contributed by atoms with van der Waals surface area (Å²) in [7, 11) is 1.69. The summed E-state index contributed by atoms with van der Waals surface area (Å²) >= 11 is 0. The number of nitrogens with zero attached hydrogens (tertiary/aromatic N) is 3. The van der Waals surface area contributed by atoms with Crippen LogP contribution in [0.1, 0.15) is 11.3 Å². The Balaban J connectivity index is 1.66. The van der Waals surface area contributed by atoms with Gasteiger partial charge in [-0.1, -0.05) is 30.3 Å². The fourth-order valence-corrected chi connectivity index (χ4v) is 3.29. The number of carbonyl (C=O) groups excluding carboxylic acids is 1. The van der Waals surface area contributed by atoms with E-state index in [-0.39, 0.29) is 17.7 Å². The fourth-order valence-electron chi connectivity index (χ4n) is 3.29. The van der Waals surface area contributed by atoms with Crippen LogP contribution in [0.4, 0.5) is 0 Å². The van der Waals surface area contributed by atoms with Crippen LogP contribution in [0.15, 0.2) is 42.9 Å². The zero-order valence-electron chi connectivity index (χ0n) is 14.2. The lowest BCUT2D eigenvalue weighted by Gasteiger charge is -2.18. The number of hydrogen-bond donors (Lipinski definition) is 1. The first kappa shape index (κ1) is 16.7. The van der Waals surface area contributed by atoms with Gasteiger partial charge in [0.05, 0.1) is 18.2 Å². The topological polar surface area (TPSA) is 59.4 Å². The second-order valence-corrected chi connectivity index (χ2v) is 6.38. The minimum Gasteiger partial charge on any atom is -0.384 e. The molecule has 6 nitrogen and oxygen atoms in total. The third kappa shape index (κ3) is 3.83. The molecule has 0 spiro atoms. The van der Waals surface area contributed by atoms with Crippen molar-refractivity contribution in [1.29, 1.82) is 0 Å². The van der Waals surface area contributed by atoms with Crippen LogP contribution in [-0.4, -0.2) is 47.3 Å². The molecular weight excluding hydrogens is 304 g/mol. The Bertz CT molecular complexity index is 671. The molecule has 1 aliphatic heterocycles. The summed E-state index contributed by atoms with van der Waals surface area (Å²) in [4.78, 5) is 19.1. The van der Waals surface area contributed by atoms with Crippen LogP contribution in [0.25, 0.3) is 0 Å². The van der Waals surface area contributed by atoms with Gasteiger partial charge in [-0.2, -0.15) is 0 Å². The van der Waals surface area contributed by atoms with E-state index in [1.54, 1.807) is 24.3 Å². The van der Waals surface area contributed by atoms with Gasteiger partial charge in [0, 0.05) is 38.9 Å². The van der Waals surface area contributed by atoms with Gasteiger partial charge in [-0.15, -0.1) is 0 Å². The zero-order chi connectivity index (χ0) is 16.9. The van der Waals surface area contributed by atoms with Crippen LogP contribution >= 0.6 is 0 Å². The van der Waals surface area contributed by atoms with Gasteiger partial charge in [-0.25, -0.2) is 9.66 Å². The summed E-state index contributed by atoms with van der Waals surface area (Å²) in [5, 5.41) is 0. The normalized spacial score (nSPS) is 21.1. The number of imidazole rings is 1. The Labute approximate surface area is 142 Å². The molecule has 2 aromatic rings. The molecule has 2 unspecified atom stereocenters. The number of ether oxygens (including phenoxy) is 1. The zero-order valence-corrected chi connectivity index (χ0v) is 14.2. The number of aromatic nitrogens is 2. The van der Waals surface area contributed by atoms with Crippen molar-refractivity contribution < 1.29 is 9.53 Å². The minimum absolute atomic E-state index is 0.0220. The standard InChI is InChI=1S/C18H24N4O2/c1-14-8-19-13-22(14)20-18(23)17-11-21(10-16(17)12-24-2)9-15-6-4-3-5-7-15/h3-8,13,16-17H,9-12H2,1-2H3,(H,20,23). The lowest BCUT2D eigenvalue weighted by Crippen LogP contribution is -2.35. The van der Waals surface area contributed by atoms with Gasteiger partial charge in [0.2, 0.25) is 5.91 Å². The van der Waals surface area contributed by atoms with E-state index < -0.39 is 0 Å². The van der Waals surface area contributed by atoms with Crippen molar-refractivity contribution in [2.24, 2.45) is 11.8 Å². The summed E-state index contributed by atoms with van der Waals surface area (Å²) in [6.07, 6.45) is 3.35. The average molecular weight is 328 g/mol. The van der Waals surface area contributed by atoms with Crippen molar-refractivity contribution in [3.8, 4) is 0 Å². The maximum Gasteiger partial charge on any atom is 0.243 e. The number of carbonyl (C=O) groups is 1. The van der Waals surface area contributed by atoms with E-state index in [0.29, 0.717) is 6.61 Å². The first-order valence-corrected chi connectivity index (χ1v) is 8.22. The quantitative estimate of drug-likeness (QED) is 0.876. The maximum absolute atomic E-state index is 12.7. The van der Waals surface area contributed by atoms with Crippen molar-refractivity contribution in [3.63, 3.8) is 0 Å². The summed E-state index contributed by atoms with van der Waals surface area (Å²) in [6.45, 7) is 4.96. The molecule has 1 aliphatic rings. The monoisotopic (exact) mass is 328 g/mol. The van der Waals surface area contributed by atoms with Gasteiger partial charge in [0.25, 0.3) is 0 Å². The van der Waals surface area contributed by atoms with E-state index in [2.05, 4.69) is 27.4 Å². The molecule has 1 N–H and O–H groups in total. The lowest BCUT2D eigenvalue weighted by molar-refractivity contribution is -0.122. The third-order valence-corrected chi connectivity index (χ3v) is 4.54. The molecule has 0 aliphatic carbocycles. The van der Waals surface area contributed by atoms with Crippen molar-refractivity contribution in [2.75, 3.05) is 32.2 Å². The van der Waals surface area contributed by atoms with Gasteiger partial charge >= 0.3 is 0 Å². The van der Waals surface area contributed by atoms with Crippen molar-refractivity contribution in [2.45, 2.75) is 13.5 Å². The third-order valence-electron chi connectivity index (χ3n) is 4.54. The molecule has 0 saturated carbocycles. The van der Waals surface area contributed by atoms with Crippen LogP contribution in [0, 0.1) is 18.8 Å². The number of rotatable bonds is 6. The van der Waals surface area contributed by atoms with E-state index >= 15 is 0 Å². The molecule has 0 bridgehead atoms. The number of likely N-dealkylation sites (tertiary alicyclic amines) is 1. The highest BCUT2D eigenvalue weighted by molar-refractivity contribution is 5.86. The summed E-state index contributed by atoms with van der Waals surface area (Å²) in [5.41, 5.74) is 5.11. The molecule has 3 rings (SSSR count). The summed E-state index contributed by atoms with van der Waals surface area (Å²) in [6, 6.07) is 10.3. The molecule has 2 atom stereocenters. The molecule has 1 saturated heterocycles. The van der Waals surface area contributed by atoms with Crippen LogP contribution < -0.4 is 5.43 Å². The number of benzene rings is 1. The van der Waals surface area contributed by atoms with E-state index in [9.17, 15) is 4.79 Å². The predicted octanol–water partition coefficient (Wildman–Crippen LogP) is 1.66. The molecule has 1 fully saturated rings. The summed E-state index contributed by atoms with van der Waals surface area (Å²) in [5.74, 6) is 0.131. The first-order chi connectivity index (χ1) is 11.7. The smallest absolute Gasteiger partial charge is 0.243 e. The Kier molecular flexibility index (Phi) is 5.27. The van der Waals surface area contributed by atoms with Crippen molar-refractivity contribution in [3.05, 3.63) is 54.1 Å². The minimum atomic E-state index is -0.0875. The van der Waals surface area contributed by atoms with Gasteiger partial charge in [-0.3, -0.25) is 15.1 Å². The number of aryl methyl sites for hydroxylation is 1. The van der Waals surface area contributed by atoms with E-state index in [0.717, 1.165) is 25.3 Å². The Morgan fingerprint density at radius 1 is 1.33 bits per heavy atom. The second kappa shape index (κ2) is 7.59. The van der Waals surface area contributed by atoms with Crippen molar-refractivity contribution in [1.82, 2.24) is 14.6 Å². The molecular formula is C18H24N4O2. The van der Waals surface area contributed by atoms with Gasteiger partial charge < -0.3 is 4.74 Å². The average Bonchev–Trinajstić information content (AvgIpc) is 3.15. The SMILES string of the molecule is COCC1CN(Cc2ccccc2)CC1C(=O)Nn1cncc1C. The van der Waals surface area contributed by atoms with Gasteiger partial charge in [-0.05, 0) is 12.5 Å². The fraction of sp³-hybridized carbons (Fsp3) is 0.444. The maximum atomic E-state index is 12.7. The largest absolute Gasteiger partial charge is 0.384 e. The van der Waals surface area contributed by atoms with Gasteiger partial charge in [0.1, 0.15) is 6.33 Å². The molecule has 128 valence electrons. The summed E-state index contributed by atoms with van der Waals surface area (Å²) < 4.78 is 7.01. The van der Waals surface area contributed by atoms with Crippen molar-refractivity contribution >= 4 is 5.91 Å².